The van der Waals surface area contributed by atoms with Crippen molar-refractivity contribution in [1.29, 1.82) is 0 Å². The summed E-state index contributed by atoms with van der Waals surface area (Å²) in [5, 5.41) is 4.97. The van der Waals surface area contributed by atoms with E-state index in [0.717, 1.165) is 49.9 Å². The average Bonchev–Trinajstić information content (AvgIpc) is 2.92. The minimum Gasteiger partial charge on any atom is -0.339 e. The molecule has 0 bridgehead atoms. The van der Waals surface area contributed by atoms with E-state index in [4.69, 9.17) is 11.6 Å². The third-order valence-electron chi connectivity index (χ3n) is 5.21. The molecule has 2 aromatic rings. The Bertz CT molecular complexity index is 741. The van der Waals surface area contributed by atoms with Gasteiger partial charge in [0.2, 0.25) is 0 Å². The normalized spacial score (nSPS) is 22.5. The summed E-state index contributed by atoms with van der Waals surface area (Å²) >= 11 is 6.21. The molecule has 1 aromatic heterocycles. The minimum atomic E-state index is 0. The highest BCUT2D eigenvalue weighted by molar-refractivity contribution is 6.32. The molecule has 4 nitrogen and oxygen atoms in total. The van der Waals surface area contributed by atoms with E-state index in [1.165, 1.54) is 0 Å². The number of aromatic nitrogens is 1. The highest BCUT2D eigenvalue weighted by Gasteiger charge is 2.32. The number of carbonyl (C=O) groups excluding carboxylic acids is 1. The number of halogens is 3. The van der Waals surface area contributed by atoms with Gasteiger partial charge in [0.05, 0.1) is 11.1 Å². The SMILES string of the molecule is Cl.Cl.O=C(c1cc(Cl)cc2cccnc12)N1CC[C@@H]2CNC[C@@H]2CC1. The lowest BCUT2D eigenvalue weighted by atomic mass is 9.92. The van der Waals surface area contributed by atoms with Crippen molar-refractivity contribution in [3.8, 4) is 0 Å². The Morgan fingerprint density at radius 2 is 1.84 bits per heavy atom. The van der Waals surface area contributed by atoms with Crippen LogP contribution >= 0.6 is 36.4 Å². The van der Waals surface area contributed by atoms with Gasteiger partial charge in [-0.1, -0.05) is 17.7 Å². The van der Waals surface area contributed by atoms with Crippen LogP contribution < -0.4 is 5.32 Å². The van der Waals surface area contributed by atoms with Gasteiger partial charge in [-0.25, -0.2) is 0 Å². The van der Waals surface area contributed by atoms with Gasteiger partial charge in [0, 0.05) is 29.7 Å². The minimum absolute atomic E-state index is 0. The van der Waals surface area contributed by atoms with Crippen LogP contribution in [0, 0.1) is 11.8 Å². The quantitative estimate of drug-likeness (QED) is 0.789. The third-order valence-corrected chi connectivity index (χ3v) is 5.42. The average molecular weight is 403 g/mol. The molecule has 0 saturated carbocycles. The fourth-order valence-corrected chi connectivity index (χ4v) is 4.14. The predicted molar refractivity (Wildman–Crippen MR) is 106 cm³/mol. The lowest BCUT2D eigenvalue weighted by Gasteiger charge is -2.21. The fraction of sp³-hybridized carbons (Fsp3) is 0.444. The molecule has 7 heteroatoms. The van der Waals surface area contributed by atoms with Crippen LogP contribution in [-0.4, -0.2) is 42.0 Å². The molecule has 2 aliphatic heterocycles. The molecule has 2 fully saturated rings. The maximum absolute atomic E-state index is 13.1. The van der Waals surface area contributed by atoms with E-state index < -0.39 is 0 Å². The van der Waals surface area contributed by atoms with E-state index in [-0.39, 0.29) is 30.7 Å². The molecule has 1 aromatic carbocycles. The number of likely N-dealkylation sites (tertiary alicyclic amines) is 1. The molecule has 0 radical (unpaired) electrons. The Kier molecular flexibility index (Phi) is 6.92. The monoisotopic (exact) mass is 401 g/mol. The molecule has 0 spiro atoms. The number of hydrogen-bond donors (Lipinski definition) is 1. The summed E-state index contributed by atoms with van der Waals surface area (Å²) in [7, 11) is 0. The zero-order valence-corrected chi connectivity index (χ0v) is 16.2. The largest absolute Gasteiger partial charge is 0.339 e. The van der Waals surface area contributed by atoms with Crippen LogP contribution in [0.1, 0.15) is 23.2 Å². The van der Waals surface area contributed by atoms with Crippen LogP contribution in [0.15, 0.2) is 30.5 Å². The molecule has 2 saturated heterocycles. The molecule has 136 valence electrons. The number of pyridine rings is 1. The number of hydrogen-bond acceptors (Lipinski definition) is 3. The van der Waals surface area contributed by atoms with Crippen molar-refractivity contribution in [3.05, 3.63) is 41.0 Å². The maximum atomic E-state index is 13.1. The molecule has 1 amide bonds. The van der Waals surface area contributed by atoms with Crippen LogP contribution in [0.25, 0.3) is 10.9 Å². The molecule has 25 heavy (non-hydrogen) atoms. The molecule has 2 atom stereocenters. The predicted octanol–water partition coefficient (Wildman–Crippen LogP) is 3.80. The first-order chi connectivity index (χ1) is 11.2. The molecule has 2 aliphatic rings. The summed E-state index contributed by atoms with van der Waals surface area (Å²) in [5.41, 5.74) is 1.37. The van der Waals surface area contributed by atoms with Crippen LogP contribution in [0.2, 0.25) is 5.02 Å². The van der Waals surface area contributed by atoms with E-state index in [9.17, 15) is 4.79 Å². The Hall–Kier alpha value is -1.07. The summed E-state index contributed by atoms with van der Waals surface area (Å²) in [6.45, 7) is 3.83. The second kappa shape index (κ2) is 8.54. The van der Waals surface area contributed by atoms with Crippen molar-refractivity contribution >= 4 is 53.2 Å². The number of nitrogens with zero attached hydrogens (tertiary/aromatic N) is 2. The van der Waals surface area contributed by atoms with Gasteiger partial charge in [0.1, 0.15) is 0 Å². The highest BCUT2D eigenvalue weighted by Crippen LogP contribution is 2.29. The lowest BCUT2D eigenvalue weighted by Crippen LogP contribution is -2.33. The highest BCUT2D eigenvalue weighted by atomic mass is 35.5. The number of carbonyl (C=O) groups is 1. The van der Waals surface area contributed by atoms with E-state index in [1.807, 2.05) is 23.1 Å². The Morgan fingerprint density at radius 1 is 1.16 bits per heavy atom. The molecular weight excluding hydrogens is 381 g/mol. The van der Waals surface area contributed by atoms with Gasteiger partial charge in [-0.2, -0.15) is 0 Å². The van der Waals surface area contributed by atoms with Crippen molar-refractivity contribution < 1.29 is 4.79 Å². The first-order valence-electron chi connectivity index (χ1n) is 8.26. The van der Waals surface area contributed by atoms with Crippen molar-refractivity contribution in [3.63, 3.8) is 0 Å². The first-order valence-corrected chi connectivity index (χ1v) is 8.64. The summed E-state index contributed by atoms with van der Waals surface area (Å²) in [6, 6.07) is 7.43. The van der Waals surface area contributed by atoms with Gasteiger partial charge in [-0.15, -0.1) is 24.8 Å². The first kappa shape index (κ1) is 20.2. The van der Waals surface area contributed by atoms with Gasteiger partial charge in [-0.05, 0) is 56.0 Å². The van der Waals surface area contributed by atoms with E-state index in [0.29, 0.717) is 22.4 Å². The lowest BCUT2D eigenvalue weighted by molar-refractivity contribution is 0.0760. The molecule has 1 N–H and O–H groups in total. The van der Waals surface area contributed by atoms with Crippen molar-refractivity contribution in [2.45, 2.75) is 12.8 Å². The number of nitrogens with one attached hydrogen (secondary N) is 1. The zero-order valence-electron chi connectivity index (χ0n) is 13.8. The zero-order chi connectivity index (χ0) is 15.8. The van der Waals surface area contributed by atoms with Gasteiger partial charge in [-0.3, -0.25) is 9.78 Å². The molecule has 0 aliphatic carbocycles. The second-order valence-corrected chi connectivity index (χ2v) is 7.01. The fourth-order valence-electron chi connectivity index (χ4n) is 3.91. The summed E-state index contributed by atoms with van der Waals surface area (Å²) in [4.78, 5) is 19.4. The van der Waals surface area contributed by atoms with Gasteiger partial charge < -0.3 is 10.2 Å². The van der Waals surface area contributed by atoms with Crippen molar-refractivity contribution in [1.82, 2.24) is 15.2 Å². The number of benzene rings is 1. The van der Waals surface area contributed by atoms with Crippen LogP contribution in [0.5, 0.6) is 0 Å². The molecular formula is C18H22Cl3N3O. The van der Waals surface area contributed by atoms with Gasteiger partial charge in [0.15, 0.2) is 0 Å². The summed E-state index contributed by atoms with van der Waals surface area (Å²) in [5.74, 6) is 1.48. The number of amides is 1. The Labute approximate surface area is 165 Å². The third kappa shape index (κ3) is 4.03. The van der Waals surface area contributed by atoms with Crippen molar-refractivity contribution in [2.75, 3.05) is 26.2 Å². The maximum Gasteiger partial charge on any atom is 0.256 e. The van der Waals surface area contributed by atoms with Crippen LogP contribution in [0.3, 0.4) is 0 Å². The number of rotatable bonds is 1. The molecule has 4 rings (SSSR count). The second-order valence-electron chi connectivity index (χ2n) is 6.58. The van der Waals surface area contributed by atoms with E-state index in [2.05, 4.69) is 10.3 Å². The van der Waals surface area contributed by atoms with E-state index in [1.54, 1.807) is 12.3 Å². The molecule has 3 heterocycles. The Balaban J connectivity index is 0.00000113. The Morgan fingerprint density at radius 3 is 2.52 bits per heavy atom. The van der Waals surface area contributed by atoms with E-state index >= 15 is 0 Å². The number of fused-ring (bicyclic) bond motifs is 2. The summed E-state index contributed by atoms with van der Waals surface area (Å²) in [6.07, 6.45) is 3.89. The van der Waals surface area contributed by atoms with Gasteiger partial charge in [0.25, 0.3) is 5.91 Å². The van der Waals surface area contributed by atoms with Crippen LogP contribution in [-0.2, 0) is 0 Å². The summed E-state index contributed by atoms with van der Waals surface area (Å²) < 4.78 is 0. The standard InChI is InChI=1S/C18H20ClN3O.2ClH/c19-15-8-12-2-1-5-21-17(12)16(9-15)18(23)22-6-3-13-10-20-11-14(13)4-7-22;;/h1-2,5,8-9,13-14,20H,3-4,6-7,10-11H2;2*1H/t13-,14+;;. The van der Waals surface area contributed by atoms with Crippen LogP contribution in [0.4, 0.5) is 0 Å². The van der Waals surface area contributed by atoms with Gasteiger partial charge >= 0.3 is 0 Å². The smallest absolute Gasteiger partial charge is 0.256 e. The molecule has 0 unspecified atom stereocenters. The van der Waals surface area contributed by atoms with Crippen molar-refractivity contribution in [2.24, 2.45) is 11.8 Å². The topological polar surface area (TPSA) is 45.2 Å².